The van der Waals surface area contributed by atoms with Crippen molar-refractivity contribution in [3.63, 3.8) is 0 Å². The molecule has 0 aliphatic carbocycles. The molecule has 0 saturated heterocycles. The number of hydrogen-bond acceptors (Lipinski definition) is 2. The zero-order valence-corrected chi connectivity index (χ0v) is 11.6. The number of carbonyl (C=O) groups is 2. The van der Waals surface area contributed by atoms with Gasteiger partial charge in [-0.1, -0.05) is 38.8 Å². The maximum atomic E-state index is 12.0. The Morgan fingerprint density at radius 1 is 1.33 bits per heavy atom. The molecule has 0 aromatic heterocycles. The van der Waals surface area contributed by atoms with E-state index >= 15 is 0 Å². The summed E-state index contributed by atoms with van der Waals surface area (Å²) in [7, 11) is 0. The molecule has 0 rings (SSSR count). The molecular weight excluding hydrogens is 230 g/mol. The van der Waals surface area contributed by atoms with Crippen LogP contribution < -0.4 is 5.32 Å². The predicted octanol–water partition coefficient (Wildman–Crippen LogP) is 2.74. The van der Waals surface area contributed by atoms with Crippen LogP contribution in [0.15, 0.2) is 12.2 Å². The van der Waals surface area contributed by atoms with Crippen molar-refractivity contribution in [2.75, 3.05) is 0 Å². The number of unbranched alkanes of at least 4 members (excludes halogenated alkanes) is 1. The number of allylic oxidation sites excluding steroid dienone is 1. The highest BCUT2D eigenvalue weighted by molar-refractivity contribution is 5.85. The van der Waals surface area contributed by atoms with Gasteiger partial charge in [-0.2, -0.15) is 0 Å². The van der Waals surface area contributed by atoms with Gasteiger partial charge in [-0.3, -0.25) is 4.79 Å². The second-order valence-electron chi connectivity index (χ2n) is 4.45. The molecule has 0 radical (unpaired) electrons. The minimum absolute atomic E-state index is 0.0718. The van der Waals surface area contributed by atoms with Gasteiger partial charge in [0.2, 0.25) is 5.91 Å². The standard InChI is InChI=1S/C14H25NO3/c1-4-7-9-11(6-3)13(16)15-12(14(17)18)10-8-5-2/h5,8,11-12H,4,6-7,9-10H2,1-3H3,(H,15,16)(H,17,18)/b8-5+. The van der Waals surface area contributed by atoms with Gasteiger partial charge in [0, 0.05) is 5.92 Å². The van der Waals surface area contributed by atoms with Crippen LogP contribution in [0.5, 0.6) is 0 Å². The third-order valence-electron chi connectivity index (χ3n) is 2.99. The second kappa shape index (κ2) is 9.68. The van der Waals surface area contributed by atoms with Crippen molar-refractivity contribution >= 4 is 11.9 Å². The van der Waals surface area contributed by atoms with E-state index in [0.717, 1.165) is 25.7 Å². The first-order valence-electron chi connectivity index (χ1n) is 6.71. The lowest BCUT2D eigenvalue weighted by Gasteiger charge is -2.18. The average Bonchev–Trinajstić information content (AvgIpc) is 2.34. The zero-order chi connectivity index (χ0) is 14.0. The van der Waals surface area contributed by atoms with Crippen molar-refractivity contribution in [3.05, 3.63) is 12.2 Å². The summed E-state index contributed by atoms with van der Waals surface area (Å²) in [5.74, 6) is -1.19. The lowest BCUT2D eigenvalue weighted by atomic mass is 9.98. The van der Waals surface area contributed by atoms with E-state index in [1.807, 2.05) is 13.8 Å². The van der Waals surface area contributed by atoms with E-state index in [4.69, 9.17) is 5.11 Å². The van der Waals surface area contributed by atoms with Crippen molar-refractivity contribution in [2.24, 2.45) is 5.92 Å². The SMILES string of the molecule is C/C=C/CC(NC(=O)C(CC)CCCC)C(=O)O. The fourth-order valence-electron chi connectivity index (χ4n) is 1.75. The third kappa shape index (κ3) is 6.42. The molecule has 0 aromatic rings. The fraction of sp³-hybridized carbons (Fsp3) is 0.714. The number of carboxylic acids is 1. The van der Waals surface area contributed by atoms with Gasteiger partial charge >= 0.3 is 5.97 Å². The summed E-state index contributed by atoms with van der Waals surface area (Å²) in [4.78, 5) is 23.0. The highest BCUT2D eigenvalue weighted by atomic mass is 16.4. The van der Waals surface area contributed by atoms with Gasteiger partial charge in [0.05, 0.1) is 0 Å². The molecule has 0 aliphatic rings. The van der Waals surface area contributed by atoms with Crippen molar-refractivity contribution in [2.45, 2.75) is 58.9 Å². The summed E-state index contributed by atoms with van der Waals surface area (Å²) in [5.41, 5.74) is 0. The minimum Gasteiger partial charge on any atom is -0.480 e. The lowest BCUT2D eigenvalue weighted by molar-refractivity contribution is -0.142. The van der Waals surface area contributed by atoms with Gasteiger partial charge in [-0.15, -0.1) is 0 Å². The molecule has 4 nitrogen and oxygen atoms in total. The predicted molar refractivity (Wildman–Crippen MR) is 72.3 cm³/mol. The van der Waals surface area contributed by atoms with Crippen LogP contribution in [0, 0.1) is 5.92 Å². The van der Waals surface area contributed by atoms with E-state index in [1.54, 1.807) is 12.2 Å². The molecule has 2 atom stereocenters. The Labute approximate surface area is 109 Å². The topological polar surface area (TPSA) is 66.4 Å². The molecule has 18 heavy (non-hydrogen) atoms. The van der Waals surface area contributed by atoms with Gasteiger partial charge in [0.25, 0.3) is 0 Å². The first-order valence-corrected chi connectivity index (χ1v) is 6.71. The molecule has 104 valence electrons. The summed E-state index contributed by atoms with van der Waals surface area (Å²) in [6, 6.07) is -0.815. The summed E-state index contributed by atoms with van der Waals surface area (Å²) >= 11 is 0. The Kier molecular flexibility index (Phi) is 8.97. The number of rotatable bonds is 9. The molecular formula is C14H25NO3. The number of carbonyl (C=O) groups excluding carboxylic acids is 1. The average molecular weight is 255 g/mol. The van der Waals surface area contributed by atoms with Crippen LogP contribution in [0.4, 0.5) is 0 Å². The van der Waals surface area contributed by atoms with Crippen molar-refractivity contribution in [1.29, 1.82) is 0 Å². The molecule has 0 saturated carbocycles. The minimum atomic E-state index is -0.980. The normalized spacial score (nSPS) is 14.4. The van der Waals surface area contributed by atoms with Crippen LogP contribution in [0.2, 0.25) is 0 Å². The molecule has 0 bridgehead atoms. The Morgan fingerprint density at radius 2 is 2.00 bits per heavy atom. The molecule has 1 amide bonds. The molecule has 0 fully saturated rings. The smallest absolute Gasteiger partial charge is 0.326 e. The van der Waals surface area contributed by atoms with E-state index in [-0.39, 0.29) is 11.8 Å². The fourth-order valence-corrected chi connectivity index (χ4v) is 1.75. The van der Waals surface area contributed by atoms with Crippen molar-refractivity contribution < 1.29 is 14.7 Å². The lowest BCUT2D eigenvalue weighted by Crippen LogP contribution is -2.43. The number of hydrogen-bond donors (Lipinski definition) is 2. The molecule has 4 heteroatoms. The summed E-state index contributed by atoms with van der Waals surface area (Å²) in [6.07, 6.45) is 7.50. The van der Waals surface area contributed by atoms with Crippen LogP contribution >= 0.6 is 0 Å². The first-order chi connectivity index (χ1) is 8.56. The van der Waals surface area contributed by atoms with Crippen molar-refractivity contribution in [1.82, 2.24) is 5.32 Å². The molecule has 0 aliphatic heterocycles. The van der Waals surface area contributed by atoms with Gasteiger partial charge in [-0.05, 0) is 26.2 Å². The van der Waals surface area contributed by atoms with E-state index in [1.165, 1.54) is 0 Å². The Balaban J connectivity index is 4.41. The Bertz CT molecular complexity index is 287. The monoisotopic (exact) mass is 255 g/mol. The number of nitrogens with one attached hydrogen (secondary N) is 1. The summed E-state index contributed by atoms with van der Waals surface area (Å²) < 4.78 is 0. The van der Waals surface area contributed by atoms with E-state index in [9.17, 15) is 9.59 Å². The molecule has 0 aromatic carbocycles. The molecule has 2 N–H and O–H groups in total. The van der Waals surface area contributed by atoms with Crippen LogP contribution in [-0.4, -0.2) is 23.0 Å². The van der Waals surface area contributed by atoms with Crippen LogP contribution in [0.25, 0.3) is 0 Å². The van der Waals surface area contributed by atoms with Crippen LogP contribution in [0.3, 0.4) is 0 Å². The quantitative estimate of drug-likeness (QED) is 0.622. The van der Waals surface area contributed by atoms with Gasteiger partial charge < -0.3 is 10.4 Å². The summed E-state index contributed by atoms with van der Waals surface area (Å²) in [5, 5.41) is 11.7. The largest absolute Gasteiger partial charge is 0.480 e. The van der Waals surface area contributed by atoms with Crippen LogP contribution in [0.1, 0.15) is 52.9 Å². The van der Waals surface area contributed by atoms with Gasteiger partial charge in [0.1, 0.15) is 6.04 Å². The zero-order valence-electron chi connectivity index (χ0n) is 11.6. The number of amides is 1. The Morgan fingerprint density at radius 3 is 2.44 bits per heavy atom. The number of aliphatic carboxylic acids is 1. The maximum Gasteiger partial charge on any atom is 0.326 e. The second-order valence-corrected chi connectivity index (χ2v) is 4.45. The van der Waals surface area contributed by atoms with Gasteiger partial charge in [-0.25, -0.2) is 4.79 Å². The van der Waals surface area contributed by atoms with E-state index < -0.39 is 12.0 Å². The van der Waals surface area contributed by atoms with Crippen molar-refractivity contribution in [3.8, 4) is 0 Å². The van der Waals surface area contributed by atoms with Gasteiger partial charge in [0.15, 0.2) is 0 Å². The third-order valence-corrected chi connectivity index (χ3v) is 2.99. The van der Waals surface area contributed by atoms with E-state index in [2.05, 4.69) is 12.2 Å². The molecule has 0 heterocycles. The maximum absolute atomic E-state index is 12.0. The van der Waals surface area contributed by atoms with E-state index in [0.29, 0.717) is 6.42 Å². The molecule has 2 unspecified atom stereocenters. The number of carboxylic acid groups (broad SMARTS) is 1. The highest BCUT2D eigenvalue weighted by Gasteiger charge is 2.22. The first kappa shape index (κ1) is 16.7. The summed E-state index contributed by atoms with van der Waals surface area (Å²) in [6.45, 7) is 5.87. The molecule has 0 spiro atoms. The Hall–Kier alpha value is -1.32. The van der Waals surface area contributed by atoms with Crippen LogP contribution in [-0.2, 0) is 9.59 Å². The highest BCUT2D eigenvalue weighted by Crippen LogP contribution is 2.13.